The lowest BCUT2D eigenvalue weighted by atomic mass is 9.86. The van der Waals surface area contributed by atoms with Crippen LogP contribution in [0.25, 0.3) is 0 Å². The molecule has 16 heavy (non-hydrogen) atoms. The van der Waals surface area contributed by atoms with Gasteiger partial charge in [0.05, 0.1) is 10.6 Å². The van der Waals surface area contributed by atoms with Crippen LogP contribution in [-0.4, -0.2) is 11.7 Å². The van der Waals surface area contributed by atoms with Gasteiger partial charge in [-0.2, -0.15) is 0 Å². The van der Waals surface area contributed by atoms with Gasteiger partial charge in [-0.25, -0.2) is 4.39 Å². The van der Waals surface area contributed by atoms with Gasteiger partial charge in [-0.05, 0) is 34.5 Å². The summed E-state index contributed by atoms with van der Waals surface area (Å²) in [6.45, 7) is 4.28. The predicted octanol–water partition coefficient (Wildman–Crippen LogP) is 2.85. The Morgan fingerprint density at radius 3 is 2.56 bits per heavy atom. The average Bonchev–Trinajstić information content (AvgIpc) is 2.22. The third kappa shape index (κ3) is 2.81. The van der Waals surface area contributed by atoms with E-state index >= 15 is 0 Å². The van der Waals surface area contributed by atoms with E-state index in [2.05, 4.69) is 15.9 Å². The summed E-state index contributed by atoms with van der Waals surface area (Å²) in [4.78, 5) is 0. The van der Waals surface area contributed by atoms with Crippen LogP contribution in [0.3, 0.4) is 0 Å². The molecule has 2 atom stereocenters. The first-order valence-electron chi connectivity index (χ1n) is 5.31. The van der Waals surface area contributed by atoms with Crippen LogP contribution >= 0.6 is 15.9 Å². The SMILES string of the molecule is CC(C)C(CN)C(O)c1cccc(Br)c1F. The minimum Gasteiger partial charge on any atom is -0.388 e. The summed E-state index contributed by atoms with van der Waals surface area (Å²) in [6, 6.07) is 4.91. The molecule has 1 aromatic rings. The lowest BCUT2D eigenvalue weighted by Crippen LogP contribution is -2.27. The van der Waals surface area contributed by atoms with E-state index < -0.39 is 11.9 Å². The second kappa shape index (κ2) is 5.75. The topological polar surface area (TPSA) is 46.2 Å². The molecule has 0 heterocycles. The molecule has 0 radical (unpaired) electrons. The van der Waals surface area contributed by atoms with Crippen LogP contribution in [-0.2, 0) is 0 Å². The van der Waals surface area contributed by atoms with Crippen LogP contribution in [0.1, 0.15) is 25.5 Å². The summed E-state index contributed by atoms with van der Waals surface area (Å²) < 4.78 is 14.1. The second-order valence-corrected chi connectivity index (χ2v) is 5.09. The summed E-state index contributed by atoms with van der Waals surface area (Å²) in [7, 11) is 0. The van der Waals surface area contributed by atoms with Crippen LogP contribution < -0.4 is 5.73 Å². The van der Waals surface area contributed by atoms with Crippen LogP contribution in [0.15, 0.2) is 22.7 Å². The van der Waals surface area contributed by atoms with E-state index in [9.17, 15) is 9.50 Å². The minimum absolute atomic E-state index is 0.135. The normalized spacial score (nSPS) is 15.2. The summed E-state index contributed by atoms with van der Waals surface area (Å²) in [5.74, 6) is -0.337. The number of rotatable bonds is 4. The summed E-state index contributed by atoms with van der Waals surface area (Å²) in [5.41, 5.74) is 5.91. The molecule has 90 valence electrons. The third-order valence-corrected chi connectivity index (χ3v) is 3.45. The average molecular weight is 290 g/mol. The van der Waals surface area contributed by atoms with Crippen LogP contribution in [0, 0.1) is 17.7 Å². The molecule has 1 rings (SSSR count). The number of aliphatic hydroxyl groups excluding tert-OH is 1. The molecule has 2 nitrogen and oxygen atoms in total. The number of nitrogens with two attached hydrogens (primary N) is 1. The molecular formula is C12H17BrFNO. The van der Waals surface area contributed by atoms with E-state index in [1.807, 2.05) is 13.8 Å². The molecule has 0 spiro atoms. The summed E-state index contributed by atoms with van der Waals surface area (Å²) in [5, 5.41) is 10.1. The predicted molar refractivity (Wildman–Crippen MR) is 66.4 cm³/mol. The number of halogens is 2. The van der Waals surface area contributed by atoms with Gasteiger partial charge in [-0.15, -0.1) is 0 Å². The molecule has 0 fully saturated rings. The van der Waals surface area contributed by atoms with Gasteiger partial charge in [-0.1, -0.05) is 26.0 Å². The van der Waals surface area contributed by atoms with Gasteiger partial charge in [0, 0.05) is 11.5 Å². The minimum atomic E-state index is -0.859. The van der Waals surface area contributed by atoms with Crippen molar-refractivity contribution < 1.29 is 9.50 Å². The van der Waals surface area contributed by atoms with Gasteiger partial charge in [0.25, 0.3) is 0 Å². The zero-order valence-corrected chi connectivity index (χ0v) is 11.0. The molecule has 0 amide bonds. The first-order valence-corrected chi connectivity index (χ1v) is 6.10. The van der Waals surface area contributed by atoms with Crippen molar-refractivity contribution in [1.29, 1.82) is 0 Å². The molecule has 2 unspecified atom stereocenters. The van der Waals surface area contributed by atoms with E-state index in [1.54, 1.807) is 18.2 Å². The first-order chi connectivity index (χ1) is 7.49. The standard InChI is InChI=1S/C12H17BrFNO/c1-7(2)9(6-15)12(16)8-4-3-5-10(13)11(8)14/h3-5,7,9,12,16H,6,15H2,1-2H3. The molecular weight excluding hydrogens is 273 g/mol. The fourth-order valence-corrected chi connectivity index (χ4v) is 2.13. The smallest absolute Gasteiger partial charge is 0.143 e. The molecule has 0 saturated carbocycles. The number of hydrogen-bond donors (Lipinski definition) is 2. The van der Waals surface area contributed by atoms with Crippen molar-refractivity contribution in [2.24, 2.45) is 17.6 Å². The Morgan fingerprint density at radius 2 is 2.06 bits per heavy atom. The maximum Gasteiger partial charge on any atom is 0.143 e. The van der Waals surface area contributed by atoms with Crippen LogP contribution in [0.5, 0.6) is 0 Å². The van der Waals surface area contributed by atoms with Crippen molar-refractivity contribution in [3.05, 3.63) is 34.1 Å². The number of aliphatic hydroxyl groups is 1. The highest BCUT2D eigenvalue weighted by atomic mass is 79.9. The zero-order valence-electron chi connectivity index (χ0n) is 9.45. The van der Waals surface area contributed by atoms with Crippen molar-refractivity contribution in [1.82, 2.24) is 0 Å². The molecule has 4 heteroatoms. The Morgan fingerprint density at radius 1 is 1.44 bits per heavy atom. The molecule has 0 aliphatic rings. The van der Waals surface area contributed by atoms with Crippen LogP contribution in [0.4, 0.5) is 4.39 Å². The number of hydrogen-bond acceptors (Lipinski definition) is 2. The van der Waals surface area contributed by atoms with E-state index in [4.69, 9.17) is 5.73 Å². The second-order valence-electron chi connectivity index (χ2n) is 4.23. The third-order valence-electron chi connectivity index (χ3n) is 2.83. The molecule has 3 N–H and O–H groups in total. The highest BCUT2D eigenvalue weighted by molar-refractivity contribution is 9.10. The molecule has 0 bridgehead atoms. The Labute approximate surface area is 104 Å². The zero-order chi connectivity index (χ0) is 12.3. The molecule has 0 aliphatic heterocycles. The van der Waals surface area contributed by atoms with Gasteiger partial charge in [0.15, 0.2) is 0 Å². The fourth-order valence-electron chi connectivity index (χ4n) is 1.75. The van der Waals surface area contributed by atoms with E-state index in [0.717, 1.165) is 0 Å². The number of benzene rings is 1. The summed E-state index contributed by atoms with van der Waals surface area (Å²) in [6.07, 6.45) is -0.859. The van der Waals surface area contributed by atoms with Crippen molar-refractivity contribution in [2.75, 3.05) is 6.54 Å². The highest BCUT2D eigenvalue weighted by Crippen LogP contribution is 2.31. The molecule has 1 aromatic carbocycles. The molecule has 0 aromatic heterocycles. The van der Waals surface area contributed by atoms with Crippen molar-refractivity contribution in [3.8, 4) is 0 Å². The first kappa shape index (κ1) is 13.6. The monoisotopic (exact) mass is 289 g/mol. The highest BCUT2D eigenvalue weighted by Gasteiger charge is 2.25. The van der Waals surface area contributed by atoms with E-state index in [1.165, 1.54) is 0 Å². The van der Waals surface area contributed by atoms with Crippen LogP contribution in [0.2, 0.25) is 0 Å². The molecule has 0 saturated heterocycles. The van der Waals surface area contributed by atoms with E-state index in [-0.39, 0.29) is 11.8 Å². The Bertz CT molecular complexity index is 357. The van der Waals surface area contributed by atoms with Gasteiger partial charge in [0.2, 0.25) is 0 Å². The molecule has 0 aliphatic carbocycles. The Hall–Kier alpha value is -0.450. The van der Waals surface area contributed by atoms with Gasteiger partial charge in [-0.3, -0.25) is 0 Å². The summed E-state index contributed by atoms with van der Waals surface area (Å²) >= 11 is 3.11. The Balaban J connectivity index is 3.03. The quantitative estimate of drug-likeness (QED) is 0.895. The fraction of sp³-hybridized carbons (Fsp3) is 0.500. The lowest BCUT2D eigenvalue weighted by Gasteiger charge is -2.25. The maximum absolute atomic E-state index is 13.8. The van der Waals surface area contributed by atoms with Crippen molar-refractivity contribution in [3.63, 3.8) is 0 Å². The van der Waals surface area contributed by atoms with Gasteiger partial charge < -0.3 is 10.8 Å². The van der Waals surface area contributed by atoms with Gasteiger partial charge >= 0.3 is 0 Å². The maximum atomic E-state index is 13.8. The van der Waals surface area contributed by atoms with Crippen molar-refractivity contribution >= 4 is 15.9 Å². The lowest BCUT2D eigenvalue weighted by molar-refractivity contribution is 0.0827. The van der Waals surface area contributed by atoms with E-state index in [0.29, 0.717) is 16.6 Å². The van der Waals surface area contributed by atoms with Gasteiger partial charge in [0.1, 0.15) is 5.82 Å². The Kier molecular flexibility index (Phi) is 4.89. The van der Waals surface area contributed by atoms with Crippen molar-refractivity contribution in [2.45, 2.75) is 20.0 Å². The largest absolute Gasteiger partial charge is 0.388 e.